The van der Waals surface area contributed by atoms with Crippen molar-refractivity contribution in [2.75, 3.05) is 0 Å². The van der Waals surface area contributed by atoms with Gasteiger partial charge in [-0.05, 0) is 35.4 Å². The Labute approximate surface area is 131 Å². The first-order chi connectivity index (χ1) is 10.0. The van der Waals surface area contributed by atoms with Gasteiger partial charge in [-0.15, -0.1) is 0 Å². The molecule has 1 aliphatic rings. The second-order valence-corrected chi connectivity index (χ2v) is 5.55. The summed E-state index contributed by atoms with van der Waals surface area (Å²) >= 11 is 11.9. The molecule has 1 heterocycles. The molecular formula is C15H10Cl2N2O2. The van der Waals surface area contributed by atoms with E-state index in [0.29, 0.717) is 21.2 Å². The average molecular weight is 321 g/mol. The van der Waals surface area contributed by atoms with E-state index in [1.165, 1.54) is 0 Å². The third-order valence-electron chi connectivity index (χ3n) is 3.40. The van der Waals surface area contributed by atoms with Crippen molar-refractivity contribution < 1.29 is 9.59 Å². The second-order valence-electron chi connectivity index (χ2n) is 4.68. The minimum absolute atomic E-state index is 0.447. The van der Waals surface area contributed by atoms with E-state index in [0.717, 1.165) is 0 Å². The Balaban J connectivity index is 2.23. The van der Waals surface area contributed by atoms with E-state index in [-0.39, 0.29) is 0 Å². The van der Waals surface area contributed by atoms with Gasteiger partial charge in [-0.25, -0.2) is 4.79 Å². The normalized spacial score (nSPS) is 21.0. The molecule has 1 fully saturated rings. The van der Waals surface area contributed by atoms with E-state index in [4.69, 9.17) is 23.2 Å². The lowest BCUT2D eigenvalue weighted by atomic mass is 9.83. The monoisotopic (exact) mass is 320 g/mol. The molecule has 2 aromatic carbocycles. The van der Waals surface area contributed by atoms with Crippen LogP contribution in [0, 0.1) is 0 Å². The lowest BCUT2D eigenvalue weighted by Gasteiger charge is -2.27. The van der Waals surface area contributed by atoms with Crippen LogP contribution in [0.5, 0.6) is 0 Å². The van der Waals surface area contributed by atoms with Crippen molar-refractivity contribution in [3.05, 3.63) is 69.7 Å². The summed E-state index contributed by atoms with van der Waals surface area (Å²) in [6.07, 6.45) is 0. The van der Waals surface area contributed by atoms with Gasteiger partial charge >= 0.3 is 6.03 Å². The van der Waals surface area contributed by atoms with Crippen LogP contribution < -0.4 is 10.6 Å². The Bertz CT molecular complexity index is 731. The van der Waals surface area contributed by atoms with Gasteiger partial charge in [0, 0.05) is 10.0 Å². The molecule has 4 nitrogen and oxygen atoms in total. The van der Waals surface area contributed by atoms with Crippen LogP contribution >= 0.6 is 23.2 Å². The molecule has 106 valence electrons. The van der Waals surface area contributed by atoms with Crippen LogP contribution in [0.1, 0.15) is 11.1 Å². The summed E-state index contributed by atoms with van der Waals surface area (Å²) in [6, 6.07) is 13.0. The maximum Gasteiger partial charge on any atom is 0.322 e. The molecule has 0 bridgehead atoms. The topological polar surface area (TPSA) is 58.2 Å². The summed E-state index contributed by atoms with van der Waals surface area (Å²) in [5.74, 6) is -0.447. The summed E-state index contributed by atoms with van der Waals surface area (Å²) in [5, 5.41) is 6.00. The molecular weight excluding hydrogens is 311 g/mol. The Morgan fingerprint density at radius 1 is 0.857 bits per heavy atom. The van der Waals surface area contributed by atoms with Crippen LogP contribution in [0.3, 0.4) is 0 Å². The zero-order valence-corrected chi connectivity index (χ0v) is 12.2. The van der Waals surface area contributed by atoms with Gasteiger partial charge in [-0.2, -0.15) is 0 Å². The van der Waals surface area contributed by atoms with E-state index < -0.39 is 17.5 Å². The number of nitrogens with one attached hydrogen (secondary N) is 2. The number of hydrogen-bond donors (Lipinski definition) is 2. The Hall–Kier alpha value is -2.04. The predicted octanol–water partition coefficient (Wildman–Crippen LogP) is 3.08. The predicted molar refractivity (Wildman–Crippen MR) is 80.4 cm³/mol. The van der Waals surface area contributed by atoms with Crippen molar-refractivity contribution in [3.63, 3.8) is 0 Å². The van der Waals surface area contributed by atoms with Gasteiger partial charge in [0.1, 0.15) is 0 Å². The molecule has 0 spiro atoms. The smallest absolute Gasteiger partial charge is 0.316 e. The van der Waals surface area contributed by atoms with Gasteiger partial charge in [0.2, 0.25) is 0 Å². The average Bonchev–Trinajstić information content (AvgIpc) is 2.75. The highest BCUT2D eigenvalue weighted by Crippen LogP contribution is 2.34. The molecule has 1 saturated heterocycles. The van der Waals surface area contributed by atoms with Crippen molar-refractivity contribution in [2.45, 2.75) is 5.54 Å². The Morgan fingerprint density at radius 2 is 1.57 bits per heavy atom. The lowest BCUT2D eigenvalue weighted by Crippen LogP contribution is -2.44. The van der Waals surface area contributed by atoms with Gasteiger partial charge in [-0.3, -0.25) is 10.1 Å². The third-order valence-corrected chi connectivity index (χ3v) is 3.89. The Morgan fingerprint density at radius 3 is 2.14 bits per heavy atom. The zero-order chi connectivity index (χ0) is 15.0. The molecule has 6 heteroatoms. The first-order valence-electron chi connectivity index (χ1n) is 6.18. The molecule has 2 aromatic rings. The molecule has 3 amide bonds. The largest absolute Gasteiger partial charge is 0.322 e. The van der Waals surface area contributed by atoms with E-state index in [1.54, 1.807) is 48.5 Å². The highest BCUT2D eigenvalue weighted by atomic mass is 35.5. The molecule has 0 unspecified atom stereocenters. The number of amides is 3. The molecule has 0 saturated carbocycles. The van der Waals surface area contributed by atoms with Gasteiger partial charge in [0.15, 0.2) is 5.54 Å². The third kappa shape index (κ3) is 2.26. The van der Waals surface area contributed by atoms with Crippen molar-refractivity contribution >= 4 is 35.1 Å². The highest BCUT2D eigenvalue weighted by molar-refractivity contribution is 6.31. The number of urea groups is 1. The van der Waals surface area contributed by atoms with E-state index >= 15 is 0 Å². The molecule has 0 aliphatic carbocycles. The zero-order valence-electron chi connectivity index (χ0n) is 10.7. The Kier molecular flexibility index (Phi) is 3.35. The maximum atomic E-state index is 12.4. The molecule has 0 radical (unpaired) electrons. The molecule has 21 heavy (non-hydrogen) atoms. The van der Waals surface area contributed by atoms with E-state index in [1.807, 2.05) is 0 Å². The molecule has 3 rings (SSSR count). The fourth-order valence-corrected chi connectivity index (χ4v) is 2.77. The van der Waals surface area contributed by atoms with Crippen LogP contribution in [0.25, 0.3) is 0 Å². The number of halogens is 2. The molecule has 1 aliphatic heterocycles. The molecule has 0 aromatic heterocycles. The molecule has 2 N–H and O–H groups in total. The van der Waals surface area contributed by atoms with Gasteiger partial charge in [-0.1, -0.05) is 47.5 Å². The van der Waals surface area contributed by atoms with Gasteiger partial charge < -0.3 is 5.32 Å². The number of imide groups is 1. The first-order valence-corrected chi connectivity index (χ1v) is 6.93. The summed E-state index contributed by atoms with van der Waals surface area (Å²) in [6.45, 7) is 0. The number of rotatable bonds is 2. The first kappa shape index (κ1) is 13.9. The van der Waals surface area contributed by atoms with Crippen LogP contribution in [-0.4, -0.2) is 11.9 Å². The van der Waals surface area contributed by atoms with E-state index in [9.17, 15) is 9.59 Å². The molecule has 1 atom stereocenters. The van der Waals surface area contributed by atoms with Crippen LogP contribution in [0.4, 0.5) is 4.79 Å². The van der Waals surface area contributed by atoms with Crippen molar-refractivity contribution in [2.24, 2.45) is 0 Å². The van der Waals surface area contributed by atoms with Gasteiger partial charge in [0.25, 0.3) is 5.91 Å². The fraction of sp³-hybridized carbons (Fsp3) is 0.0667. The second kappa shape index (κ2) is 5.06. The number of benzene rings is 2. The standard InChI is InChI=1S/C15H10Cl2N2O2/c16-11-6-4-9(5-7-11)15(13(20)18-14(21)19-15)10-2-1-3-12(17)8-10/h1-8H,(H2,18,19,20,21)/t15-/m0/s1. The van der Waals surface area contributed by atoms with Crippen LogP contribution in [0.2, 0.25) is 10.0 Å². The minimum Gasteiger partial charge on any atom is -0.316 e. The van der Waals surface area contributed by atoms with Gasteiger partial charge in [0.05, 0.1) is 0 Å². The minimum atomic E-state index is -1.30. The summed E-state index contributed by atoms with van der Waals surface area (Å²) in [4.78, 5) is 24.1. The summed E-state index contributed by atoms with van der Waals surface area (Å²) in [7, 11) is 0. The SMILES string of the molecule is O=C1NC(=O)[C@](c2ccc(Cl)cc2)(c2cccc(Cl)c2)N1. The van der Waals surface area contributed by atoms with E-state index in [2.05, 4.69) is 10.6 Å². The summed E-state index contributed by atoms with van der Waals surface area (Å²) < 4.78 is 0. The summed E-state index contributed by atoms with van der Waals surface area (Å²) in [5.41, 5.74) is -0.106. The highest BCUT2D eigenvalue weighted by Gasteiger charge is 2.49. The maximum absolute atomic E-state index is 12.4. The number of carbonyl (C=O) groups is 2. The van der Waals surface area contributed by atoms with Crippen LogP contribution in [-0.2, 0) is 10.3 Å². The number of hydrogen-bond acceptors (Lipinski definition) is 2. The number of carbonyl (C=O) groups excluding carboxylic acids is 2. The quantitative estimate of drug-likeness (QED) is 0.835. The lowest BCUT2D eigenvalue weighted by molar-refractivity contribution is -0.122. The fourth-order valence-electron chi connectivity index (χ4n) is 2.45. The van der Waals surface area contributed by atoms with Crippen molar-refractivity contribution in [1.29, 1.82) is 0 Å². The van der Waals surface area contributed by atoms with Crippen LogP contribution in [0.15, 0.2) is 48.5 Å². The van der Waals surface area contributed by atoms with Crippen molar-refractivity contribution in [1.82, 2.24) is 10.6 Å². The van der Waals surface area contributed by atoms with Crippen molar-refractivity contribution in [3.8, 4) is 0 Å².